The van der Waals surface area contributed by atoms with Gasteiger partial charge in [-0.05, 0) is 12.8 Å². The summed E-state index contributed by atoms with van der Waals surface area (Å²) in [7, 11) is 0. The van der Waals surface area contributed by atoms with Gasteiger partial charge in [-0.25, -0.2) is 4.79 Å². The number of carbonyl (C=O) groups is 5. The Hall–Kier alpha value is -2.30. The maximum atomic E-state index is 12.1. The largest absolute Gasteiger partial charge is 0.480 e. The van der Waals surface area contributed by atoms with Crippen LogP contribution in [0.5, 0.6) is 0 Å². The van der Waals surface area contributed by atoms with E-state index in [9.17, 15) is 29.1 Å². The smallest absolute Gasteiger partial charge is 0.326 e. The fourth-order valence-electron chi connectivity index (χ4n) is 3.50. The van der Waals surface area contributed by atoms with Gasteiger partial charge in [0.15, 0.2) is 0 Å². The second-order valence-electron chi connectivity index (χ2n) is 8.70. The van der Waals surface area contributed by atoms with Crippen LogP contribution in [0.2, 0.25) is 0 Å². The van der Waals surface area contributed by atoms with E-state index in [1.807, 2.05) is 0 Å². The monoisotopic (exact) mass is 517 g/mol. The molecule has 5 N–H and O–H groups in total. The molecule has 0 aromatic rings. The Balaban J connectivity index is 4.13. The highest BCUT2D eigenvalue weighted by atomic mass is 32.1. The number of rotatable bonds is 22. The van der Waals surface area contributed by atoms with Crippen molar-refractivity contribution in [2.75, 3.05) is 12.3 Å². The molecule has 0 rings (SSSR count). The molecule has 0 aliphatic carbocycles. The first kappa shape index (κ1) is 32.7. The summed E-state index contributed by atoms with van der Waals surface area (Å²) in [4.78, 5) is 58.1. The highest BCUT2D eigenvalue weighted by molar-refractivity contribution is 7.80. The summed E-state index contributed by atoms with van der Waals surface area (Å²) in [6.07, 6.45) is 12.6. The van der Waals surface area contributed by atoms with Crippen molar-refractivity contribution < 1.29 is 34.2 Å². The number of carbonyl (C=O) groups excluding carboxylic acids is 3. The van der Waals surface area contributed by atoms with Crippen LogP contribution >= 0.6 is 12.6 Å². The van der Waals surface area contributed by atoms with Crippen molar-refractivity contribution in [2.24, 2.45) is 0 Å². The average molecular weight is 518 g/mol. The van der Waals surface area contributed by atoms with Gasteiger partial charge in [0.05, 0.1) is 0 Å². The van der Waals surface area contributed by atoms with Gasteiger partial charge in [0.25, 0.3) is 0 Å². The molecule has 35 heavy (non-hydrogen) atoms. The number of nitrogens with one attached hydrogen (secondary N) is 3. The lowest BCUT2D eigenvalue weighted by Gasteiger charge is -2.17. The zero-order valence-corrected chi connectivity index (χ0v) is 21.7. The minimum Gasteiger partial charge on any atom is -0.480 e. The number of hydrogen-bond acceptors (Lipinski definition) is 6. The lowest BCUT2D eigenvalue weighted by molar-refractivity contribution is -0.142. The molecule has 0 aliphatic heterocycles. The Morgan fingerprint density at radius 1 is 0.714 bits per heavy atom. The zero-order chi connectivity index (χ0) is 26.5. The molecular formula is C24H43N3O7S. The molecule has 0 aromatic heterocycles. The molecule has 0 aliphatic rings. The normalized spacial score (nSPS) is 12.4. The second-order valence-corrected chi connectivity index (χ2v) is 9.06. The van der Waals surface area contributed by atoms with Crippen LogP contribution in [0.1, 0.15) is 96.8 Å². The van der Waals surface area contributed by atoms with Crippen molar-refractivity contribution in [3.05, 3.63) is 0 Å². The predicted molar refractivity (Wildman–Crippen MR) is 136 cm³/mol. The van der Waals surface area contributed by atoms with Crippen molar-refractivity contribution >= 4 is 42.3 Å². The molecule has 0 fully saturated rings. The first-order chi connectivity index (χ1) is 16.7. The van der Waals surface area contributed by atoms with Crippen molar-refractivity contribution in [1.82, 2.24) is 16.0 Å². The van der Waals surface area contributed by atoms with Crippen LogP contribution < -0.4 is 16.0 Å². The third-order valence-corrected chi connectivity index (χ3v) is 5.91. The molecule has 0 radical (unpaired) electrons. The Bertz CT molecular complexity index is 661. The summed E-state index contributed by atoms with van der Waals surface area (Å²) in [5.41, 5.74) is 0. The Morgan fingerprint density at radius 3 is 1.69 bits per heavy atom. The third-order valence-electron chi connectivity index (χ3n) is 5.55. The number of carboxylic acids is 2. The van der Waals surface area contributed by atoms with Gasteiger partial charge in [0.2, 0.25) is 17.7 Å². The van der Waals surface area contributed by atoms with E-state index in [2.05, 4.69) is 35.5 Å². The van der Waals surface area contributed by atoms with E-state index in [0.29, 0.717) is 6.42 Å². The van der Waals surface area contributed by atoms with Gasteiger partial charge in [-0.15, -0.1) is 0 Å². The molecule has 0 bridgehead atoms. The first-order valence-electron chi connectivity index (χ1n) is 12.6. The highest BCUT2D eigenvalue weighted by Crippen LogP contribution is 2.12. The van der Waals surface area contributed by atoms with E-state index in [0.717, 1.165) is 19.3 Å². The number of amides is 3. The SMILES string of the molecule is CCCCCCCCCCCCCC(=O)NC(CCC(=O)NC(CS)C(=O)NCC(=O)O)C(=O)O. The van der Waals surface area contributed by atoms with Crippen molar-refractivity contribution in [2.45, 2.75) is 109 Å². The van der Waals surface area contributed by atoms with Gasteiger partial charge < -0.3 is 26.2 Å². The number of aliphatic carboxylic acids is 2. The number of thiol groups is 1. The predicted octanol–water partition coefficient (Wildman–Crippen LogP) is 2.65. The molecular weight excluding hydrogens is 474 g/mol. The minimum atomic E-state index is -1.24. The molecule has 3 amide bonds. The van der Waals surface area contributed by atoms with Gasteiger partial charge in [0.1, 0.15) is 18.6 Å². The van der Waals surface area contributed by atoms with Crippen molar-refractivity contribution in [1.29, 1.82) is 0 Å². The van der Waals surface area contributed by atoms with Gasteiger partial charge in [0, 0.05) is 18.6 Å². The Labute approximate surface area is 213 Å². The zero-order valence-electron chi connectivity index (χ0n) is 20.9. The van der Waals surface area contributed by atoms with Gasteiger partial charge >= 0.3 is 11.9 Å². The van der Waals surface area contributed by atoms with Crippen LogP contribution in [0.25, 0.3) is 0 Å². The molecule has 2 unspecified atom stereocenters. The highest BCUT2D eigenvalue weighted by Gasteiger charge is 2.23. The van der Waals surface area contributed by atoms with Crippen LogP contribution in [0.15, 0.2) is 0 Å². The van der Waals surface area contributed by atoms with E-state index in [1.165, 1.54) is 44.9 Å². The molecule has 0 aromatic carbocycles. The summed E-state index contributed by atoms with van der Waals surface area (Å²) in [5.74, 6) is -4.19. The number of unbranched alkanes of at least 4 members (excludes halogenated alkanes) is 10. The lowest BCUT2D eigenvalue weighted by Crippen LogP contribution is -2.49. The van der Waals surface area contributed by atoms with E-state index in [-0.39, 0.29) is 30.9 Å². The van der Waals surface area contributed by atoms with Crippen LogP contribution in [0.3, 0.4) is 0 Å². The summed E-state index contributed by atoms with van der Waals surface area (Å²) >= 11 is 3.97. The van der Waals surface area contributed by atoms with E-state index >= 15 is 0 Å². The summed E-state index contributed by atoms with van der Waals surface area (Å²) in [6, 6.07) is -2.26. The minimum absolute atomic E-state index is 0.0603. The molecule has 0 saturated heterocycles. The van der Waals surface area contributed by atoms with Gasteiger partial charge in [-0.2, -0.15) is 12.6 Å². The van der Waals surface area contributed by atoms with E-state index in [1.54, 1.807) is 0 Å². The maximum Gasteiger partial charge on any atom is 0.326 e. The fourth-order valence-corrected chi connectivity index (χ4v) is 3.75. The quantitative estimate of drug-likeness (QED) is 0.0950. The third kappa shape index (κ3) is 18.7. The fraction of sp³-hybridized carbons (Fsp3) is 0.792. The Kier molecular flexibility index (Phi) is 19.6. The van der Waals surface area contributed by atoms with Gasteiger partial charge in [-0.1, -0.05) is 71.1 Å². The average Bonchev–Trinajstić information content (AvgIpc) is 2.81. The molecule has 11 heteroatoms. The second kappa shape index (κ2) is 21.0. The van der Waals surface area contributed by atoms with Crippen molar-refractivity contribution in [3.63, 3.8) is 0 Å². The Morgan fingerprint density at radius 2 is 1.20 bits per heavy atom. The molecule has 0 heterocycles. The van der Waals surface area contributed by atoms with Crippen LogP contribution in [-0.2, 0) is 24.0 Å². The summed E-state index contributed by atoms with van der Waals surface area (Å²) in [6.45, 7) is 1.62. The molecule has 0 saturated carbocycles. The standard InChI is InChI=1S/C24H43N3O7S/c1-2-3-4-5-6-7-8-9-10-11-12-13-20(28)26-18(24(33)34)14-15-21(29)27-19(17-35)23(32)25-16-22(30)31/h18-19,35H,2-17H2,1H3,(H,25,32)(H,26,28)(H,27,29)(H,30,31)(H,33,34). The van der Waals surface area contributed by atoms with Crippen molar-refractivity contribution in [3.8, 4) is 0 Å². The number of hydrogen-bond donors (Lipinski definition) is 6. The molecule has 202 valence electrons. The summed E-state index contributed by atoms with van der Waals surface area (Å²) < 4.78 is 0. The lowest BCUT2D eigenvalue weighted by atomic mass is 10.0. The number of carboxylic acid groups (broad SMARTS) is 2. The summed E-state index contributed by atoms with van der Waals surface area (Å²) in [5, 5.41) is 24.9. The maximum absolute atomic E-state index is 12.1. The van der Waals surface area contributed by atoms with E-state index in [4.69, 9.17) is 5.11 Å². The van der Waals surface area contributed by atoms with Crippen LogP contribution in [-0.4, -0.2) is 64.3 Å². The van der Waals surface area contributed by atoms with E-state index < -0.39 is 42.4 Å². The topological polar surface area (TPSA) is 162 Å². The van der Waals surface area contributed by atoms with Gasteiger partial charge in [-0.3, -0.25) is 19.2 Å². The molecule has 10 nitrogen and oxygen atoms in total. The molecule has 2 atom stereocenters. The van der Waals surface area contributed by atoms with Crippen LogP contribution in [0.4, 0.5) is 0 Å². The first-order valence-corrected chi connectivity index (χ1v) is 13.3. The van der Waals surface area contributed by atoms with Crippen LogP contribution in [0, 0.1) is 0 Å². The molecule has 0 spiro atoms.